The Morgan fingerprint density at radius 3 is 2.45 bits per heavy atom. The first-order chi connectivity index (χ1) is 16.0. The number of rotatable bonds is 7. The summed E-state index contributed by atoms with van der Waals surface area (Å²) >= 11 is 1.16. The summed E-state index contributed by atoms with van der Waals surface area (Å²) in [6.45, 7) is 4.16. The van der Waals surface area contributed by atoms with Crippen molar-refractivity contribution in [2.24, 2.45) is 0 Å². The fourth-order valence-electron chi connectivity index (χ4n) is 3.01. The standard InChI is InChI=1S/C25H22N4O3S/c1-16-10-12-20(13-11-16)32-15-22-28-29-25(33-22)24(31)26-19-8-5-7-18(14-19)23(30)27-21-9-4-3-6-17(21)2/h3-14H,15H2,1-2H3,(H,26,31)(H,27,30). The van der Waals surface area contributed by atoms with Crippen molar-refractivity contribution in [1.29, 1.82) is 0 Å². The van der Waals surface area contributed by atoms with Gasteiger partial charge in [0.25, 0.3) is 11.8 Å². The summed E-state index contributed by atoms with van der Waals surface area (Å²) in [5.74, 6) is 0.0694. The molecule has 0 saturated carbocycles. The number of para-hydroxylation sites is 1. The Morgan fingerprint density at radius 2 is 1.67 bits per heavy atom. The van der Waals surface area contributed by atoms with E-state index in [4.69, 9.17) is 4.74 Å². The molecule has 0 bridgehead atoms. The molecule has 4 rings (SSSR count). The van der Waals surface area contributed by atoms with E-state index >= 15 is 0 Å². The molecule has 0 aliphatic heterocycles. The van der Waals surface area contributed by atoms with Crippen LogP contribution >= 0.6 is 11.3 Å². The highest BCUT2D eigenvalue weighted by Gasteiger charge is 2.15. The molecule has 33 heavy (non-hydrogen) atoms. The van der Waals surface area contributed by atoms with Gasteiger partial charge in [0.1, 0.15) is 12.4 Å². The number of hydrogen-bond acceptors (Lipinski definition) is 6. The van der Waals surface area contributed by atoms with Crippen molar-refractivity contribution in [2.45, 2.75) is 20.5 Å². The van der Waals surface area contributed by atoms with Gasteiger partial charge in [-0.2, -0.15) is 0 Å². The molecule has 2 N–H and O–H groups in total. The summed E-state index contributed by atoms with van der Waals surface area (Å²) in [4.78, 5) is 25.2. The van der Waals surface area contributed by atoms with E-state index in [1.165, 1.54) is 0 Å². The van der Waals surface area contributed by atoms with Crippen molar-refractivity contribution in [1.82, 2.24) is 10.2 Å². The normalized spacial score (nSPS) is 10.5. The van der Waals surface area contributed by atoms with Crippen molar-refractivity contribution in [3.05, 3.63) is 99.5 Å². The minimum absolute atomic E-state index is 0.215. The van der Waals surface area contributed by atoms with Gasteiger partial charge in [-0.05, 0) is 55.8 Å². The molecule has 8 heteroatoms. The molecule has 2 amide bonds. The number of hydrogen-bond donors (Lipinski definition) is 2. The molecule has 0 spiro atoms. The van der Waals surface area contributed by atoms with Crippen molar-refractivity contribution in [3.63, 3.8) is 0 Å². The van der Waals surface area contributed by atoms with Crippen LogP contribution in [0.15, 0.2) is 72.8 Å². The Balaban J connectivity index is 1.37. The van der Waals surface area contributed by atoms with E-state index in [1.807, 2.05) is 62.4 Å². The van der Waals surface area contributed by atoms with Crippen molar-refractivity contribution < 1.29 is 14.3 Å². The number of benzene rings is 3. The number of aromatic nitrogens is 2. The van der Waals surface area contributed by atoms with Gasteiger partial charge in [-0.25, -0.2) is 0 Å². The second kappa shape index (κ2) is 10.1. The molecule has 0 fully saturated rings. The Bertz CT molecular complexity index is 1280. The summed E-state index contributed by atoms with van der Waals surface area (Å²) in [7, 11) is 0. The zero-order valence-corrected chi connectivity index (χ0v) is 19.0. The number of carbonyl (C=O) groups is 2. The van der Waals surface area contributed by atoms with E-state index in [-0.39, 0.29) is 17.5 Å². The molecule has 0 atom stereocenters. The lowest BCUT2D eigenvalue weighted by atomic mass is 10.1. The second-order valence-electron chi connectivity index (χ2n) is 7.41. The highest BCUT2D eigenvalue weighted by atomic mass is 32.1. The Labute approximate surface area is 195 Å². The van der Waals surface area contributed by atoms with E-state index in [0.717, 1.165) is 33.9 Å². The van der Waals surface area contributed by atoms with Gasteiger partial charge < -0.3 is 15.4 Å². The first-order valence-corrected chi connectivity index (χ1v) is 11.1. The van der Waals surface area contributed by atoms with Gasteiger partial charge >= 0.3 is 0 Å². The number of aryl methyl sites for hydroxylation is 2. The molecule has 0 radical (unpaired) electrons. The average molecular weight is 459 g/mol. The highest BCUT2D eigenvalue weighted by molar-refractivity contribution is 7.13. The quantitative estimate of drug-likeness (QED) is 0.395. The third kappa shape index (κ3) is 5.81. The summed E-state index contributed by atoms with van der Waals surface area (Å²) in [5.41, 5.74) is 3.78. The van der Waals surface area contributed by atoms with Crippen LogP contribution in [0.4, 0.5) is 11.4 Å². The van der Waals surface area contributed by atoms with Gasteiger partial charge in [0, 0.05) is 16.9 Å². The summed E-state index contributed by atoms with van der Waals surface area (Å²) < 4.78 is 5.69. The summed E-state index contributed by atoms with van der Waals surface area (Å²) in [5, 5.41) is 14.5. The number of carbonyl (C=O) groups excluding carboxylic acids is 2. The molecule has 0 unspecified atom stereocenters. The lowest BCUT2D eigenvalue weighted by molar-refractivity contribution is 0.101. The minimum Gasteiger partial charge on any atom is -0.486 e. The van der Waals surface area contributed by atoms with Crippen molar-refractivity contribution in [2.75, 3.05) is 10.6 Å². The lowest BCUT2D eigenvalue weighted by Gasteiger charge is -2.09. The Kier molecular flexibility index (Phi) is 6.75. The molecule has 1 heterocycles. The van der Waals surface area contributed by atoms with Gasteiger partial charge in [-0.1, -0.05) is 53.3 Å². The molecular formula is C25H22N4O3S. The zero-order valence-electron chi connectivity index (χ0n) is 18.2. The van der Waals surface area contributed by atoms with Gasteiger partial charge in [-0.3, -0.25) is 9.59 Å². The van der Waals surface area contributed by atoms with Gasteiger partial charge in [-0.15, -0.1) is 10.2 Å². The fourth-order valence-corrected chi connectivity index (χ4v) is 3.66. The number of amides is 2. The van der Waals surface area contributed by atoms with Crippen molar-refractivity contribution >= 4 is 34.5 Å². The van der Waals surface area contributed by atoms with Crippen LogP contribution in [0.1, 0.15) is 36.3 Å². The monoisotopic (exact) mass is 458 g/mol. The maximum absolute atomic E-state index is 12.6. The molecule has 0 saturated heterocycles. The Morgan fingerprint density at radius 1 is 0.879 bits per heavy atom. The van der Waals surface area contributed by atoms with Gasteiger partial charge in [0.05, 0.1) is 0 Å². The van der Waals surface area contributed by atoms with E-state index < -0.39 is 5.91 Å². The SMILES string of the molecule is Cc1ccc(OCc2nnc(C(=O)Nc3cccc(C(=O)Nc4ccccc4C)c3)s2)cc1. The summed E-state index contributed by atoms with van der Waals surface area (Å²) in [6, 6.07) is 22.0. The molecule has 3 aromatic carbocycles. The van der Waals surface area contributed by atoms with Crippen LogP contribution < -0.4 is 15.4 Å². The maximum atomic E-state index is 12.6. The van der Waals surface area contributed by atoms with Crippen LogP contribution in [-0.4, -0.2) is 22.0 Å². The molecule has 4 aromatic rings. The number of anilines is 2. The highest BCUT2D eigenvalue weighted by Crippen LogP contribution is 2.19. The van der Waals surface area contributed by atoms with E-state index in [1.54, 1.807) is 24.3 Å². The van der Waals surface area contributed by atoms with Crippen molar-refractivity contribution in [3.8, 4) is 5.75 Å². The fraction of sp³-hybridized carbons (Fsp3) is 0.120. The van der Waals surface area contributed by atoms with Gasteiger partial charge in [0.15, 0.2) is 5.01 Å². The minimum atomic E-state index is -0.398. The third-order valence-electron chi connectivity index (χ3n) is 4.82. The lowest BCUT2D eigenvalue weighted by Crippen LogP contribution is -2.15. The van der Waals surface area contributed by atoms with E-state index in [9.17, 15) is 9.59 Å². The molecular weight excluding hydrogens is 436 g/mol. The molecule has 7 nitrogen and oxygen atoms in total. The number of nitrogens with zero attached hydrogens (tertiary/aromatic N) is 2. The third-order valence-corrected chi connectivity index (χ3v) is 5.72. The summed E-state index contributed by atoms with van der Waals surface area (Å²) in [6.07, 6.45) is 0. The molecule has 1 aromatic heterocycles. The largest absolute Gasteiger partial charge is 0.486 e. The first kappa shape index (κ1) is 22.2. The van der Waals surface area contributed by atoms with Crippen LogP contribution in [0.2, 0.25) is 0 Å². The molecule has 166 valence electrons. The van der Waals surface area contributed by atoms with Crippen LogP contribution in [-0.2, 0) is 6.61 Å². The van der Waals surface area contributed by atoms with Crippen LogP contribution in [0, 0.1) is 13.8 Å². The number of nitrogens with one attached hydrogen (secondary N) is 2. The first-order valence-electron chi connectivity index (χ1n) is 10.3. The predicted molar refractivity (Wildman–Crippen MR) is 129 cm³/mol. The van der Waals surface area contributed by atoms with Gasteiger partial charge in [0.2, 0.25) is 5.01 Å². The average Bonchev–Trinajstić information content (AvgIpc) is 3.30. The Hall–Kier alpha value is -4.04. The zero-order chi connectivity index (χ0) is 23.2. The second-order valence-corrected chi connectivity index (χ2v) is 8.47. The molecule has 0 aliphatic carbocycles. The maximum Gasteiger partial charge on any atom is 0.286 e. The topological polar surface area (TPSA) is 93.2 Å². The van der Waals surface area contributed by atoms with Crippen LogP contribution in [0.3, 0.4) is 0 Å². The van der Waals surface area contributed by atoms with E-state index in [0.29, 0.717) is 16.3 Å². The smallest absolute Gasteiger partial charge is 0.286 e. The van der Waals surface area contributed by atoms with Crippen LogP contribution in [0.25, 0.3) is 0 Å². The van der Waals surface area contributed by atoms with E-state index in [2.05, 4.69) is 20.8 Å². The number of ether oxygens (including phenoxy) is 1. The predicted octanol–water partition coefficient (Wildman–Crippen LogP) is 5.24. The van der Waals surface area contributed by atoms with Crippen LogP contribution in [0.5, 0.6) is 5.75 Å². The molecule has 0 aliphatic rings.